The maximum Gasteiger partial charge on any atom is 0.410 e. The number of benzene rings is 2. The monoisotopic (exact) mass is 757 g/mol. The Balaban J connectivity index is 1.48. The molecule has 0 saturated carbocycles. The average molecular weight is 758 g/mol. The molecule has 0 bridgehead atoms. The second-order valence-corrected chi connectivity index (χ2v) is 13.2. The van der Waals surface area contributed by atoms with Crippen LogP contribution in [0.5, 0.6) is 0 Å². The largest absolute Gasteiger partial charge is 0.447 e. The summed E-state index contributed by atoms with van der Waals surface area (Å²) in [5.74, 6) is -5.32. The van der Waals surface area contributed by atoms with E-state index in [1.165, 1.54) is 23.2 Å². The van der Waals surface area contributed by atoms with Crippen molar-refractivity contribution in [1.82, 2.24) is 15.2 Å². The lowest BCUT2D eigenvalue weighted by Crippen LogP contribution is -2.55. The van der Waals surface area contributed by atoms with E-state index in [1.54, 1.807) is 26.1 Å². The first-order valence-electron chi connectivity index (χ1n) is 16.3. The van der Waals surface area contributed by atoms with E-state index in [9.17, 15) is 40.7 Å². The third kappa shape index (κ3) is 12.0. The molecule has 0 aliphatic carbocycles. The number of nitrogens with zero attached hydrogens (tertiary/aromatic N) is 2. The van der Waals surface area contributed by atoms with Crippen molar-refractivity contribution >= 4 is 23.8 Å². The number of carbonyl (C=O) groups is 3. The van der Waals surface area contributed by atoms with Crippen LogP contribution in [-0.2, 0) is 25.4 Å². The highest BCUT2D eigenvalue weighted by molar-refractivity contribution is 5.96. The zero-order valence-corrected chi connectivity index (χ0v) is 28.8. The topological polar surface area (TPSA) is 145 Å². The van der Waals surface area contributed by atoms with Gasteiger partial charge in [-0.2, -0.15) is 13.2 Å². The molecular formula is C35H38F7N5O6. The quantitative estimate of drug-likeness (QED) is 0.203. The molecule has 4 rings (SSSR count). The minimum absolute atomic E-state index is 0.0102. The zero-order valence-electron chi connectivity index (χ0n) is 28.8. The van der Waals surface area contributed by atoms with E-state index in [0.29, 0.717) is 6.07 Å². The van der Waals surface area contributed by atoms with Gasteiger partial charge in [-0.25, -0.2) is 27.2 Å². The van der Waals surface area contributed by atoms with Gasteiger partial charge in [-0.15, -0.1) is 0 Å². The highest BCUT2D eigenvalue weighted by Gasteiger charge is 2.37. The molecule has 53 heavy (non-hydrogen) atoms. The van der Waals surface area contributed by atoms with E-state index >= 15 is 4.39 Å². The fraction of sp³-hybridized carbons (Fsp3) is 0.429. The summed E-state index contributed by atoms with van der Waals surface area (Å²) in [5.41, 5.74) is 5.58. The van der Waals surface area contributed by atoms with Crippen LogP contribution in [0, 0.1) is 23.3 Å². The molecule has 4 N–H and O–H groups in total. The van der Waals surface area contributed by atoms with Gasteiger partial charge < -0.3 is 30.6 Å². The summed E-state index contributed by atoms with van der Waals surface area (Å²) in [7, 11) is 0. The van der Waals surface area contributed by atoms with Gasteiger partial charge in [-0.05, 0) is 69.0 Å². The number of halogens is 7. The number of pyridine rings is 1. The Morgan fingerprint density at radius 1 is 0.981 bits per heavy atom. The normalized spacial score (nSPS) is 17.5. The standard InChI is InChI=1S/C35H38F7N5O6/c1-34(2,3)53-33(50)47-15-25(51-16-24(47)17-52-32(49)45-18-35(40,41)42)8-9-26-27(39)13-44-14-28(26)46-31(48)30(43)29(19-4-6-21(36)7-5-19)20-10-22(37)12-23(38)11-20/h4-7,10-14,24-25,29-30H,8-9,15-18,43H2,1-3H3,(H,45,49)(H,46,48)/t24-,25+,29-,30-/m0/s1. The van der Waals surface area contributed by atoms with Crippen LogP contribution in [0.25, 0.3) is 0 Å². The maximum atomic E-state index is 15.2. The molecule has 11 nitrogen and oxygen atoms in total. The first-order chi connectivity index (χ1) is 24.8. The molecule has 3 aromatic rings. The van der Waals surface area contributed by atoms with Crippen LogP contribution in [-0.4, -0.2) is 84.2 Å². The number of hydrogen-bond acceptors (Lipinski definition) is 8. The van der Waals surface area contributed by atoms with Gasteiger partial charge in [0.15, 0.2) is 0 Å². The molecule has 0 unspecified atom stereocenters. The fourth-order valence-corrected chi connectivity index (χ4v) is 5.54. The molecule has 1 saturated heterocycles. The van der Waals surface area contributed by atoms with Crippen molar-refractivity contribution in [3.8, 4) is 0 Å². The summed E-state index contributed by atoms with van der Waals surface area (Å²) in [5, 5.41) is 4.10. The molecule has 18 heteroatoms. The minimum atomic E-state index is -4.66. The fourth-order valence-electron chi connectivity index (χ4n) is 5.54. The van der Waals surface area contributed by atoms with Gasteiger partial charge >= 0.3 is 18.4 Å². The van der Waals surface area contributed by atoms with Crippen molar-refractivity contribution in [3.05, 3.63) is 94.8 Å². The second kappa shape index (κ2) is 17.2. The molecule has 0 spiro atoms. The highest BCUT2D eigenvalue weighted by Crippen LogP contribution is 2.31. The van der Waals surface area contributed by atoms with Gasteiger partial charge in [0.2, 0.25) is 5.91 Å². The van der Waals surface area contributed by atoms with Crippen molar-refractivity contribution in [2.24, 2.45) is 5.73 Å². The Hall–Kier alpha value is -4.97. The third-order valence-corrected chi connectivity index (χ3v) is 7.95. The van der Waals surface area contributed by atoms with Crippen LogP contribution in [0.3, 0.4) is 0 Å². The molecule has 0 radical (unpaired) electrons. The summed E-state index contributed by atoms with van der Waals surface area (Å²) >= 11 is 0. The van der Waals surface area contributed by atoms with Gasteiger partial charge in [-0.3, -0.25) is 14.7 Å². The van der Waals surface area contributed by atoms with Gasteiger partial charge in [0.05, 0.1) is 49.4 Å². The average Bonchev–Trinajstić information content (AvgIpc) is 3.05. The first kappa shape index (κ1) is 40.8. The lowest BCUT2D eigenvalue weighted by Gasteiger charge is -2.39. The van der Waals surface area contributed by atoms with E-state index < -0.39 is 90.4 Å². The van der Waals surface area contributed by atoms with Crippen LogP contribution in [0.4, 0.5) is 46.0 Å². The van der Waals surface area contributed by atoms with Gasteiger partial charge in [0.1, 0.15) is 42.0 Å². The number of alkyl halides is 3. The first-order valence-corrected chi connectivity index (χ1v) is 16.3. The summed E-state index contributed by atoms with van der Waals surface area (Å²) < 4.78 is 111. The highest BCUT2D eigenvalue weighted by atomic mass is 19.4. The SMILES string of the molecule is CC(C)(C)OC(=O)N1C[C@@H](CCc2c(F)cncc2NC(=O)[C@@H](N)[C@@H](c2ccc(F)cc2)c2cc(F)cc(F)c2)OC[C@H]1COC(=O)NCC(F)(F)F. The van der Waals surface area contributed by atoms with Crippen LogP contribution in [0.1, 0.15) is 49.8 Å². The number of anilines is 1. The van der Waals surface area contributed by atoms with Crippen molar-refractivity contribution < 1.29 is 59.3 Å². The van der Waals surface area contributed by atoms with Crippen molar-refractivity contribution in [3.63, 3.8) is 0 Å². The van der Waals surface area contributed by atoms with Gasteiger partial charge in [0.25, 0.3) is 0 Å². The number of hydrogen-bond donors (Lipinski definition) is 3. The number of amides is 3. The Morgan fingerprint density at radius 2 is 1.64 bits per heavy atom. The number of rotatable bonds is 11. The number of nitrogens with two attached hydrogens (primary N) is 1. The van der Waals surface area contributed by atoms with Gasteiger partial charge in [-0.1, -0.05) is 12.1 Å². The third-order valence-electron chi connectivity index (χ3n) is 7.95. The molecule has 4 atom stereocenters. The number of ether oxygens (including phenoxy) is 3. The van der Waals surface area contributed by atoms with Crippen molar-refractivity contribution in [1.29, 1.82) is 0 Å². The predicted octanol–water partition coefficient (Wildman–Crippen LogP) is 5.96. The summed E-state index contributed by atoms with van der Waals surface area (Å²) in [6.45, 7) is 2.34. The maximum absolute atomic E-state index is 15.2. The van der Waals surface area contributed by atoms with E-state index in [4.69, 9.17) is 19.9 Å². The molecule has 3 amide bonds. The van der Waals surface area contributed by atoms with Crippen LogP contribution in [0.15, 0.2) is 54.9 Å². The summed E-state index contributed by atoms with van der Waals surface area (Å²) in [4.78, 5) is 43.5. The van der Waals surface area contributed by atoms with E-state index in [2.05, 4.69) is 10.3 Å². The lowest BCUT2D eigenvalue weighted by molar-refractivity contribution is -0.124. The Bertz CT molecular complexity index is 1740. The number of aromatic nitrogens is 1. The number of carbonyl (C=O) groups excluding carboxylic acids is 3. The molecule has 1 aromatic heterocycles. The molecule has 1 aliphatic rings. The Morgan fingerprint density at radius 3 is 2.26 bits per heavy atom. The Labute approximate surface area is 300 Å². The van der Waals surface area contributed by atoms with Crippen LogP contribution in [0.2, 0.25) is 0 Å². The Kier molecular flexibility index (Phi) is 13.3. The summed E-state index contributed by atoms with van der Waals surface area (Å²) in [6.07, 6.45) is -5.52. The zero-order chi connectivity index (χ0) is 39.1. The van der Waals surface area contributed by atoms with Crippen molar-refractivity contribution in [2.75, 3.05) is 31.6 Å². The second-order valence-electron chi connectivity index (χ2n) is 13.2. The lowest BCUT2D eigenvalue weighted by atomic mass is 9.84. The van der Waals surface area contributed by atoms with E-state index in [1.807, 2.05) is 0 Å². The number of morpholine rings is 1. The molecule has 2 aromatic carbocycles. The minimum Gasteiger partial charge on any atom is -0.447 e. The predicted molar refractivity (Wildman–Crippen MR) is 176 cm³/mol. The molecule has 288 valence electrons. The number of nitrogens with one attached hydrogen (secondary N) is 2. The molecular weight excluding hydrogens is 719 g/mol. The van der Waals surface area contributed by atoms with Gasteiger partial charge in [0, 0.05) is 17.5 Å². The van der Waals surface area contributed by atoms with Crippen LogP contribution < -0.4 is 16.4 Å². The molecule has 2 heterocycles. The smallest absolute Gasteiger partial charge is 0.410 e. The summed E-state index contributed by atoms with van der Waals surface area (Å²) in [6, 6.07) is 4.99. The van der Waals surface area contributed by atoms with Crippen molar-refractivity contribution in [2.45, 2.75) is 69.5 Å². The van der Waals surface area contributed by atoms with E-state index in [-0.39, 0.29) is 48.4 Å². The number of alkyl carbamates (subject to hydrolysis) is 1. The van der Waals surface area contributed by atoms with Crippen LogP contribution >= 0.6 is 0 Å². The molecule has 1 aliphatic heterocycles. The molecule has 1 fully saturated rings. The van der Waals surface area contributed by atoms with E-state index in [0.717, 1.165) is 30.5 Å².